The van der Waals surface area contributed by atoms with Gasteiger partial charge < -0.3 is 5.11 Å². The van der Waals surface area contributed by atoms with Crippen LogP contribution in [0.15, 0.2) is 21.5 Å². The molecule has 0 bridgehead atoms. The van der Waals surface area contributed by atoms with Crippen LogP contribution in [0.4, 0.5) is 0 Å². The summed E-state index contributed by atoms with van der Waals surface area (Å²) in [5, 5.41) is 9.09. The van der Waals surface area contributed by atoms with Crippen molar-refractivity contribution in [1.82, 2.24) is 0 Å². The summed E-state index contributed by atoms with van der Waals surface area (Å²) < 4.78 is 1.12. The summed E-state index contributed by atoms with van der Waals surface area (Å²) in [4.78, 5) is 1.18. The van der Waals surface area contributed by atoms with E-state index in [9.17, 15) is 0 Å². The van der Waals surface area contributed by atoms with E-state index < -0.39 is 0 Å². The second-order valence-corrected chi connectivity index (χ2v) is 5.67. The molecule has 1 rings (SSSR count). The molecule has 1 heterocycles. The average Bonchev–Trinajstić information content (AvgIpc) is 2.46. The molecule has 1 aromatic rings. The first-order valence-corrected chi connectivity index (χ1v) is 5.81. The number of aliphatic hydroxyl groups is 1. The largest absolute Gasteiger partial charge is 0.392 e. The molecule has 0 atom stereocenters. The topological polar surface area (TPSA) is 20.2 Å². The summed E-state index contributed by atoms with van der Waals surface area (Å²) in [6.45, 7) is 4.32. The first-order chi connectivity index (χ1) is 6.13. The van der Waals surface area contributed by atoms with E-state index in [1.807, 2.05) is 12.1 Å². The Labute approximate surface area is 91.2 Å². The smallest absolute Gasteiger partial charge is 0.0704 e. The Bertz CT molecular complexity index is 302. The Morgan fingerprint density at radius 2 is 2.31 bits per heavy atom. The number of halogens is 1. The molecule has 3 heteroatoms. The molecule has 1 aromatic heterocycles. The molecular weight excluding hydrogens is 248 g/mol. The molecule has 0 aliphatic heterocycles. The van der Waals surface area contributed by atoms with Gasteiger partial charge in [-0.1, -0.05) is 13.8 Å². The number of aliphatic hydroxyl groups excluding tert-OH is 1. The maximum absolute atomic E-state index is 9.09. The molecule has 0 aromatic carbocycles. The summed E-state index contributed by atoms with van der Waals surface area (Å²) in [5.41, 5.74) is 1.08. The van der Waals surface area contributed by atoms with Gasteiger partial charge in [0.15, 0.2) is 0 Å². The maximum atomic E-state index is 9.09. The molecule has 0 fully saturated rings. The molecular formula is C10H13BrOS. The van der Waals surface area contributed by atoms with Crippen LogP contribution in [0.5, 0.6) is 0 Å². The van der Waals surface area contributed by atoms with E-state index >= 15 is 0 Å². The highest BCUT2D eigenvalue weighted by atomic mass is 79.9. The van der Waals surface area contributed by atoms with Gasteiger partial charge in [-0.2, -0.15) is 0 Å². The molecule has 0 aliphatic carbocycles. The van der Waals surface area contributed by atoms with Crippen LogP contribution in [0.25, 0.3) is 6.08 Å². The lowest BCUT2D eigenvalue weighted by Gasteiger charge is -2.06. The van der Waals surface area contributed by atoms with Crippen LogP contribution in [0.1, 0.15) is 18.7 Å². The SMILES string of the molecule is CC(C)C(=Cc1ccc(Br)s1)CO. The van der Waals surface area contributed by atoms with Crippen LogP contribution < -0.4 is 0 Å². The number of hydrogen-bond donors (Lipinski definition) is 1. The first-order valence-electron chi connectivity index (χ1n) is 4.20. The van der Waals surface area contributed by atoms with Gasteiger partial charge in [0.25, 0.3) is 0 Å². The van der Waals surface area contributed by atoms with E-state index in [4.69, 9.17) is 5.11 Å². The van der Waals surface area contributed by atoms with Crippen molar-refractivity contribution in [1.29, 1.82) is 0 Å². The highest BCUT2D eigenvalue weighted by molar-refractivity contribution is 9.11. The van der Waals surface area contributed by atoms with Crippen molar-refractivity contribution in [3.05, 3.63) is 26.4 Å². The molecule has 0 amide bonds. The fourth-order valence-corrected chi connectivity index (χ4v) is 2.38. The number of rotatable bonds is 3. The Morgan fingerprint density at radius 3 is 2.69 bits per heavy atom. The minimum Gasteiger partial charge on any atom is -0.392 e. The predicted molar refractivity (Wildman–Crippen MR) is 61.9 cm³/mol. The van der Waals surface area contributed by atoms with Crippen LogP contribution in [-0.2, 0) is 0 Å². The second-order valence-electron chi connectivity index (χ2n) is 3.17. The lowest BCUT2D eigenvalue weighted by atomic mass is 10.0. The van der Waals surface area contributed by atoms with Gasteiger partial charge in [-0.05, 0) is 45.6 Å². The Balaban J connectivity index is 2.84. The third kappa shape index (κ3) is 3.25. The Morgan fingerprint density at radius 1 is 1.62 bits per heavy atom. The van der Waals surface area contributed by atoms with Gasteiger partial charge in [-0.15, -0.1) is 11.3 Å². The van der Waals surface area contributed by atoms with E-state index in [1.54, 1.807) is 11.3 Å². The van der Waals surface area contributed by atoms with Gasteiger partial charge >= 0.3 is 0 Å². The van der Waals surface area contributed by atoms with Crippen molar-refractivity contribution in [3.8, 4) is 0 Å². The van der Waals surface area contributed by atoms with Crippen LogP contribution in [-0.4, -0.2) is 11.7 Å². The van der Waals surface area contributed by atoms with Gasteiger partial charge in [0.1, 0.15) is 0 Å². The zero-order valence-corrected chi connectivity index (χ0v) is 10.2. The molecule has 1 nitrogen and oxygen atoms in total. The van der Waals surface area contributed by atoms with Crippen LogP contribution in [0, 0.1) is 5.92 Å². The van der Waals surface area contributed by atoms with Gasteiger partial charge in [-0.3, -0.25) is 0 Å². The fourth-order valence-electron chi connectivity index (χ4n) is 0.983. The van der Waals surface area contributed by atoms with E-state index in [0.29, 0.717) is 5.92 Å². The van der Waals surface area contributed by atoms with Crippen LogP contribution in [0.2, 0.25) is 0 Å². The third-order valence-corrected chi connectivity index (χ3v) is 3.42. The number of thiophene rings is 1. The van der Waals surface area contributed by atoms with Crippen molar-refractivity contribution >= 4 is 33.3 Å². The fraction of sp³-hybridized carbons (Fsp3) is 0.400. The summed E-state index contributed by atoms with van der Waals surface area (Å²) in [7, 11) is 0. The van der Waals surface area contributed by atoms with E-state index in [2.05, 4.69) is 35.9 Å². The lowest BCUT2D eigenvalue weighted by Crippen LogP contribution is -1.98. The minimum absolute atomic E-state index is 0.146. The van der Waals surface area contributed by atoms with Crippen molar-refractivity contribution in [2.45, 2.75) is 13.8 Å². The zero-order valence-electron chi connectivity index (χ0n) is 7.75. The molecule has 0 aliphatic rings. The van der Waals surface area contributed by atoms with Crippen LogP contribution in [0.3, 0.4) is 0 Å². The van der Waals surface area contributed by atoms with Gasteiger partial charge in [0.05, 0.1) is 10.4 Å². The highest BCUT2D eigenvalue weighted by Crippen LogP contribution is 2.25. The van der Waals surface area contributed by atoms with Crippen molar-refractivity contribution < 1.29 is 5.11 Å². The zero-order chi connectivity index (χ0) is 9.84. The van der Waals surface area contributed by atoms with Gasteiger partial charge in [0.2, 0.25) is 0 Å². The van der Waals surface area contributed by atoms with Crippen molar-refractivity contribution in [2.75, 3.05) is 6.61 Å². The second kappa shape index (κ2) is 4.94. The molecule has 1 N–H and O–H groups in total. The average molecular weight is 261 g/mol. The monoisotopic (exact) mass is 260 g/mol. The van der Waals surface area contributed by atoms with Gasteiger partial charge in [0, 0.05) is 4.88 Å². The summed E-state index contributed by atoms with van der Waals surface area (Å²) in [5.74, 6) is 0.408. The highest BCUT2D eigenvalue weighted by Gasteiger charge is 2.02. The Hall–Kier alpha value is -0.120. The number of hydrogen-bond acceptors (Lipinski definition) is 2. The van der Waals surface area contributed by atoms with Gasteiger partial charge in [-0.25, -0.2) is 0 Å². The normalized spacial score (nSPS) is 12.5. The van der Waals surface area contributed by atoms with E-state index in [1.165, 1.54) is 4.88 Å². The molecule has 0 unspecified atom stereocenters. The van der Waals surface area contributed by atoms with Crippen molar-refractivity contribution in [3.63, 3.8) is 0 Å². The van der Waals surface area contributed by atoms with Crippen molar-refractivity contribution in [2.24, 2.45) is 5.92 Å². The molecule has 72 valence electrons. The summed E-state index contributed by atoms with van der Waals surface area (Å²) in [6.07, 6.45) is 2.06. The van der Waals surface area contributed by atoms with Crippen LogP contribution >= 0.6 is 27.3 Å². The Kier molecular flexibility index (Phi) is 4.16. The molecule has 0 radical (unpaired) electrons. The quantitative estimate of drug-likeness (QED) is 0.882. The molecule has 0 saturated heterocycles. The lowest BCUT2D eigenvalue weighted by molar-refractivity contribution is 0.320. The standard InChI is InChI=1S/C10H13BrOS/c1-7(2)8(6-12)5-9-3-4-10(11)13-9/h3-5,7,12H,6H2,1-2H3. The first kappa shape index (κ1) is 11.0. The molecule has 0 spiro atoms. The maximum Gasteiger partial charge on any atom is 0.0704 e. The predicted octanol–water partition coefficient (Wildman–Crippen LogP) is 3.54. The van der Waals surface area contributed by atoms with E-state index in [-0.39, 0.29) is 6.61 Å². The third-order valence-electron chi connectivity index (χ3n) is 1.85. The molecule has 0 saturated carbocycles. The summed E-state index contributed by atoms with van der Waals surface area (Å²) in [6, 6.07) is 4.07. The van der Waals surface area contributed by atoms with E-state index in [0.717, 1.165) is 9.36 Å². The minimum atomic E-state index is 0.146. The molecule has 13 heavy (non-hydrogen) atoms. The summed E-state index contributed by atoms with van der Waals surface area (Å²) >= 11 is 5.09.